The zero-order valence-corrected chi connectivity index (χ0v) is 16.8. The van der Waals surface area contributed by atoms with Gasteiger partial charge in [-0.1, -0.05) is 12.1 Å². The van der Waals surface area contributed by atoms with Gasteiger partial charge in [0, 0.05) is 29.4 Å². The molecule has 1 aliphatic rings. The lowest BCUT2D eigenvalue weighted by Gasteiger charge is -2.15. The fourth-order valence-electron chi connectivity index (χ4n) is 2.59. The summed E-state index contributed by atoms with van der Waals surface area (Å²) >= 11 is 0. The van der Waals surface area contributed by atoms with Crippen molar-refractivity contribution in [2.75, 3.05) is 5.32 Å². The molecule has 3 rings (SSSR count). The highest BCUT2D eigenvalue weighted by Crippen LogP contribution is 2.23. The van der Waals surface area contributed by atoms with Gasteiger partial charge in [-0.3, -0.25) is 19.7 Å². The number of non-ortho nitro benzene ring substituents is 1. The van der Waals surface area contributed by atoms with Gasteiger partial charge in [0.05, 0.1) is 9.82 Å². The van der Waals surface area contributed by atoms with E-state index in [1.807, 2.05) is 0 Å². The molecule has 0 bridgehead atoms. The normalized spacial score (nSPS) is 14.6. The predicted octanol–water partition coefficient (Wildman–Crippen LogP) is 1.79. The Hall–Kier alpha value is -3.31. The van der Waals surface area contributed by atoms with Crippen LogP contribution in [-0.2, 0) is 14.8 Å². The molecule has 1 aliphatic carbocycles. The summed E-state index contributed by atoms with van der Waals surface area (Å²) in [7, 11) is -3.67. The van der Waals surface area contributed by atoms with Gasteiger partial charge in [-0.05, 0) is 44.0 Å². The second-order valence-corrected chi connectivity index (χ2v) is 8.63. The molecule has 10 nitrogen and oxygen atoms in total. The number of anilines is 1. The van der Waals surface area contributed by atoms with Crippen molar-refractivity contribution in [2.24, 2.45) is 0 Å². The molecule has 3 N–H and O–H groups in total. The fourth-order valence-corrected chi connectivity index (χ4v) is 3.94. The molecule has 1 atom stereocenters. The largest absolute Gasteiger partial charge is 0.341 e. The van der Waals surface area contributed by atoms with Crippen LogP contribution in [0.15, 0.2) is 53.4 Å². The van der Waals surface area contributed by atoms with E-state index in [0.717, 1.165) is 18.9 Å². The van der Waals surface area contributed by atoms with Gasteiger partial charge >= 0.3 is 0 Å². The van der Waals surface area contributed by atoms with E-state index in [1.54, 1.807) is 0 Å². The summed E-state index contributed by atoms with van der Waals surface area (Å²) in [6.45, 7) is 1.44. The van der Waals surface area contributed by atoms with Crippen LogP contribution in [0, 0.1) is 10.1 Å². The Morgan fingerprint density at radius 3 is 2.50 bits per heavy atom. The lowest BCUT2D eigenvalue weighted by Crippen LogP contribution is -2.41. The molecule has 0 aliphatic heterocycles. The van der Waals surface area contributed by atoms with E-state index >= 15 is 0 Å². The number of carbonyl (C=O) groups excluding carboxylic acids is 2. The number of sulfonamides is 1. The number of nitro benzene ring substituents is 1. The van der Waals surface area contributed by atoms with Gasteiger partial charge in [-0.2, -0.15) is 0 Å². The molecule has 30 heavy (non-hydrogen) atoms. The molecule has 2 aromatic rings. The Bertz CT molecular complexity index is 1100. The minimum Gasteiger partial charge on any atom is -0.341 e. The maximum absolute atomic E-state index is 12.4. The van der Waals surface area contributed by atoms with Crippen LogP contribution in [0.1, 0.15) is 30.1 Å². The SMILES string of the molecule is CC(NC(=O)c1cccc([N+](=O)[O-])c1)C(=O)Nc1cccc(S(=O)(=O)NC2CC2)c1. The summed E-state index contributed by atoms with van der Waals surface area (Å²) in [4.78, 5) is 34.9. The molecule has 158 valence electrons. The third-order valence-electron chi connectivity index (χ3n) is 4.37. The van der Waals surface area contributed by atoms with Crippen LogP contribution >= 0.6 is 0 Å². The van der Waals surface area contributed by atoms with E-state index in [2.05, 4.69) is 15.4 Å². The summed E-state index contributed by atoms with van der Waals surface area (Å²) in [5.41, 5.74) is 0.0656. The average molecular weight is 432 g/mol. The quantitative estimate of drug-likeness (QED) is 0.428. The second kappa shape index (κ2) is 8.59. The lowest BCUT2D eigenvalue weighted by molar-refractivity contribution is -0.384. The Morgan fingerprint density at radius 1 is 1.13 bits per heavy atom. The molecule has 1 saturated carbocycles. The third-order valence-corrected chi connectivity index (χ3v) is 5.89. The lowest BCUT2D eigenvalue weighted by atomic mass is 10.1. The first-order valence-electron chi connectivity index (χ1n) is 9.14. The van der Waals surface area contributed by atoms with Crippen molar-refractivity contribution in [2.45, 2.75) is 36.7 Å². The van der Waals surface area contributed by atoms with Crippen LogP contribution in [0.5, 0.6) is 0 Å². The van der Waals surface area contributed by atoms with Gasteiger partial charge in [-0.25, -0.2) is 13.1 Å². The van der Waals surface area contributed by atoms with Crippen molar-refractivity contribution in [1.29, 1.82) is 0 Å². The number of amides is 2. The molecule has 0 aromatic heterocycles. The molecule has 0 spiro atoms. The van der Waals surface area contributed by atoms with Crippen LogP contribution in [0.4, 0.5) is 11.4 Å². The van der Waals surface area contributed by atoms with Crippen molar-refractivity contribution in [3.8, 4) is 0 Å². The van der Waals surface area contributed by atoms with Gasteiger partial charge in [0.15, 0.2) is 0 Å². The van der Waals surface area contributed by atoms with Crippen LogP contribution in [0.25, 0.3) is 0 Å². The summed E-state index contributed by atoms with van der Waals surface area (Å²) < 4.78 is 27.2. The smallest absolute Gasteiger partial charge is 0.270 e. The number of rotatable bonds is 8. The number of benzene rings is 2. The first kappa shape index (κ1) is 21.4. The molecular weight excluding hydrogens is 412 g/mol. The van der Waals surface area contributed by atoms with Gasteiger partial charge in [0.1, 0.15) is 6.04 Å². The van der Waals surface area contributed by atoms with Crippen molar-refractivity contribution < 1.29 is 22.9 Å². The fraction of sp³-hybridized carbons (Fsp3) is 0.263. The average Bonchev–Trinajstić information content (AvgIpc) is 3.51. The first-order valence-corrected chi connectivity index (χ1v) is 10.6. The van der Waals surface area contributed by atoms with Crippen LogP contribution < -0.4 is 15.4 Å². The second-order valence-electron chi connectivity index (χ2n) is 6.92. The molecule has 0 radical (unpaired) electrons. The minimum absolute atomic E-state index is 0.0282. The van der Waals surface area contributed by atoms with Crippen molar-refractivity contribution in [3.05, 3.63) is 64.2 Å². The molecular formula is C19H20N4O6S. The Labute approximate surface area is 172 Å². The van der Waals surface area contributed by atoms with Crippen LogP contribution in [0.3, 0.4) is 0 Å². The summed E-state index contributed by atoms with van der Waals surface area (Å²) in [5, 5.41) is 15.8. The van der Waals surface area contributed by atoms with Crippen molar-refractivity contribution >= 4 is 33.2 Å². The van der Waals surface area contributed by atoms with Gasteiger partial charge in [0.2, 0.25) is 15.9 Å². The van der Waals surface area contributed by atoms with E-state index < -0.39 is 32.8 Å². The standard InChI is InChI=1S/C19H20N4O6S/c1-12(20-19(25)13-4-2-6-16(10-13)23(26)27)18(24)21-15-5-3-7-17(11-15)30(28,29)22-14-8-9-14/h2-7,10-12,14,22H,8-9H2,1H3,(H,20,25)(H,21,24). The number of nitro groups is 1. The Balaban J connectivity index is 1.64. The minimum atomic E-state index is -3.67. The van der Waals surface area contributed by atoms with Gasteiger partial charge < -0.3 is 10.6 Å². The van der Waals surface area contributed by atoms with E-state index in [0.29, 0.717) is 0 Å². The molecule has 0 saturated heterocycles. The monoisotopic (exact) mass is 432 g/mol. The molecule has 11 heteroatoms. The first-order chi connectivity index (χ1) is 14.2. The Morgan fingerprint density at radius 2 is 1.83 bits per heavy atom. The summed E-state index contributed by atoms with van der Waals surface area (Å²) in [6.07, 6.45) is 1.61. The highest BCUT2D eigenvalue weighted by Gasteiger charge is 2.28. The summed E-state index contributed by atoms with van der Waals surface area (Å²) in [6, 6.07) is 9.91. The molecule has 2 aromatic carbocycles. The van der Waals surface area contributed by atoms with Gasteiger partial charge in [0.25, 0.3) is 11.6 Å². The molecule has 2 amide bonds. The zero-order valence-electron chi connectivity index (χ0n) is 16.0. The van der Waals surface area contributed by atoms with Crippen LogP contribution in [0.2, 0.25) is 0 Å². The van der Waals surface area contributed by atoms with E-state index in [-0.39, 0.29) is 27.9 Å². The van der Waals surface area contributed by atoms with E-state index in [4.69, 9.17) is 0 Å². The molecule has 1 fully saturated rings. The van der Waals surface area contributed by atoms with Crippen molar-refractivity contribution in [3.63, 3.8) is 0 Å². The van der Waals surface area contributed by atoms with Crippen molar-refractivity contribution in [1.82, 2.24) is 10.0 Å². The number of nitrogens with one attached hydrogen (secondary N) is 3. The molecule has 0 heterocycles. The van der Waals surface area contributed by atoms with E-state index in [1.165, 1.54) is 49.4 Å². The highest BCUT2D eigenvalue weighted by molar-refractivity contribution is 7.89. The summed E-state index contributed by atoms with van der Waals surface area (Å²) in [5.74, 6) is -1.22. The highest BCUT2D eigenvalue weighted by atomic mass is 32.2. The maximum atomic E-state index is 12.4. The molecule has 1 unspecified atom stereocenters. The number of nitrogens with zero attached hydrogens (tertiary/aromatic N) is 1. The Kier molecular flexibility index (Phi) is 6.13. The third kappa shape index (κ3) is 5.39. The topological polar surface area (TPSA) is 148 Å². The maximum Gasteiger partial charge on any atom is 0.270 e. The number of hydrogen-bond donors (Lipinski definition) is 3. The van der Waals surface area contributed by atoms with E-state index in [9.17, 15) is 28.1 Å². The zero-order chi connectivity index (χ0) is 21.9. The predicted molar refractivity (Wildman–Crippen MR) is 108 cm³/mol. The van der Waals surface area contributed by atoms with Crippen LogP contribution in [-0.4, -0.2) is 37.2 Å². The number of hydrogen-bond acceptors (Lipinski definition) is 6. The number of carbonyl (C=O) groups is 2. The van der Waals surface area contributed by atoms with Gasteiger partial charge in [-0.15, -0.1) is 0 Å².